The average Bonchev–Trinajstić information content (AvgIpc) is 2.49. The molecule has 24 heavy (non-hydrogen) atoms. The number of carbonyl (C=O) groups is 1. The molecule has 0 aliphatic carbocycles. The van der Waals surface area contributed by atoms with E-state index in [2.05, 4.69) is 5.32 Å². The van der Waals surface area contributed by atoms with E-state index in [0.29, 0.717) is 48.3 Å². The molecule has 5 nitrogen and oxygen atoms in total. The van der Waals surface area contributed by atoms with E-state index in [9.17, 15) is 9.90 Å². The van der Waals surface area contributed by atoms with Crippen molar-refractivity contribution in [1.29, 1.82) is 0 Å². The van der Waals surface area contributed by atoms with Crippen LogP contribution in [0.3, 0.4) is 0 Å². The Labute approximate surface area is 151 Å². The van der Waals surface area contributed by atoms with Gasteiger partial charge in [-0.3, -0.25) is 0 Å². The molecule has 1 aromatic carbocycles. The highest BCUT2D eigenvalue weighted by Gasteiger charge is 2.44. The Morgan fingerprint density at radius 1 is 1.29 bits per heavy atom. The van der Waals surface area contributed by atoms with E-state index in [1.54, 1.807) is 23.1 Å². The van der Waals surface area contributed by atoms with E-state index in [4.69, 9.17) is 27.9 Å². The molecule has 7 heteroatoms. The molecule has 2 aliphatic rings. The summed E-state index contributed by atoms with van der Waals surface area (Å²) in [6.45, 7) is 3.61. The standard InChI is InChI=1S/C17H22Cl2N2O3/c1-16(23)6-9-24-17(11-16)4-7-21(8-5-17)15(22)20-14-3-2-12(18)10-13(14)19/h2-3,10,23H,4-9,11H2,1H3,(H,20,22). The molecule has 2 N–H and O–H groups in total. The number of hydrogen-bond acceptors (Lipinski definition) is 3. The van der Waals surface area contributed by atoms with E-state index in [-0.39, 0.29) is 11.6 Å². The van der Waals surface area contributed by atoms with Crippen molar-refractivity contribution in [2.24, 2.45) is 0 Å². The van der Waals surface area contributed by atoms with Crippen LogP contribution in [0.4, 0.5) is 10.5 Å². The van der Waals surface area contributed by atoms with Crippen LogP contribution in [0.25, 0.3) is 0 Å². The fraction of sp³-hybridized carbons (Fsp3) is 0.588. The predicted molar refractivity (Wildman–Crippen MR) is 94.8 cm³/mol. The van der Waals surface area contributed by atoms with Gasteiger partial charge in [0.2, 0.25) is 0 Å². The molecule has 3 rings (SSSR count). The Morgan fingerprint density at radius 2 is 2.00 bits per heavy atom. The van der Waals surface area contributed by atoms with E-state index < -0.39 is 5.60 Å². The van der Waals surface area contributed by atoms with Gasteiger partial charge in [-0.25, -0.2) is 4.79 Å². The zero-order valence-corrected chi connectivity index (χ0v) is 15.2. The van der Waals surface area contributed by atoms with Crippen molar-refractivity contribution >= 4 is 34.9 Å². The minimum atomic E-state index is -0.681. The molecule has 2 saturated heterocycles. The second-order valence-electron chi connectivity index (χ2n) is 7.00. The van der Waals surface area contributed by atoms with Gasteiger partial charge < -0.3 is 20.1 Å². The maximum absolute atomic E-state index is 12.4. The third-order valence-corrected chi connectivity index (χ3v) is 5.43. The number of anilines is 1. The Balaban J connectivity index is 1.59. The summed E-state index contributed by atoms with van der Waals surface area (Å²) in [5, 5.41) is 14.1. The van der Waals surface area contributed by atoms with Gasteiger partial charge in [-0.15, -0.1) is 0 Å². The van der Waals surface area contributed by atoms with Crippen molar-refractivity contribution in [2.45, 2.75) is 43.8 Å². The SMILES string of the molecule is CC1(O)CCOC2(CCN(C(=O)Nc3ccc(Cl)cc3Cl)CC2)C1. The number of amides is 2. The lowest BCUT2D eigenvalue weighted by Crippen LogP contribution is -2.54. The second kappa shape index (κ2) is 6.71. The smallest absolute Gasteiger partial charge is 0.321 e. The van der Waals surface area contributed by atoms with Crippen LogP contribution in [0.5, 0.6) is 0 Å². The lowest BCUT2D eigenvalue weighted by molar-refractivity contribution is -0.169. The van der Waals surface area contributed by atoms with Crippen molar-refractivity contribution in [3.05, 3.63) is 28.2 Å². The van der Waals surface area contributed by atoms with Crippen molar-refractivity contribution in [2.75, 3.05) is 25.0 Å². The summed E-state index contributed by atoms with van der Waals surface area (Å²) in [4.78, 5) is 14.2. The first-order valence-corrected chi connectivity index (χ1v) is 8.92. The first-order chi connectivity index (χ1) is 11.3. The first-order valence-electron chi connectivity index (χ1n) is 8.16. The topological polar surface area (TPSA) is 61.8 Å². The second-order valence-corrected chi connectivity index (χ2v) is 7.84. The molecule has 2 heterocycles. The van der Waals surface area contributed by atoms with Gasteiger partial charge in [-0.2, -0.15) is 0 Å². The van der Waals surface area contributed by atoms with E-state index in [1.807, 2.05) is 6.92 Å². The van der Waals surface area contributed by atoms with Crippen molar-refractivity contribution in [3.63, 3.8) is 0 Å². The quantitative estimate of drug-likeness (QED) is 0.784. The van der Waals surface area contributed by atoms with Gasteiger partial charge in [0.25, 0.3) is 0 Å². The molecule has 2 amide bonds. The maximum atomic E-state index is 12.4. The largest absolute Gasteiger partial charge is 0.390 e. The predicted octanol–water partition coefficient (Wildman–Crippen LogP) is 3.92. The van der Waals surface area contributed by atoms with Gasteiger partial charge in [-0.05, 0) is 44.4 Å². The highest BCUT2D eigenvalue weighted by Crippen LogP contribution is 2.39. The molecule has 0 radical (unpaired) electrons. The van der Waals surface area contributed by atoms with Crippen molar-refractivity contribution in [3.8, 4) is 0 Å². The maximum Gasteiger partial charge on any atom is 0.321 e. The van der Waals surface area contributed by atoms with Gasteiger partial charge >= 0.3 is 6.03 Å². The molecular formula is C17H22Cl2N2O3. The summed E-state index contributed by atoms with van der Waals surface area (Å²) in [5.74, 6) is 0. The number of nitrogens with one attached hydrogen (secondary N) is 1. The van der Waals surface area contributed by atoms with Crippen LogP contribution in [0.15, 0.2) is 18.2 Å². The molecule has 0 aromatic heterocycles. The number of ether oxygens (including phenoxy) is 1. The number of rotatable bonds is 1. The number of benzene rings is 1. The number of likely N-dealkylation sites (tertiary alicyclic amines) is 1. The van der Waals surface area contributed by atoms with Crippen LogP contribution in [0, 0.1) is 0 Å². The fourth-order valence-electron chi connectivity index (χ4n) is 3.54. The summed E-state index contributed by atoms with van der Waals surface area (Å²) in [6, 6.07) is 4.79. The lowest BCUT2D eigenvalue weighted by Gasteiger charge is -2.48. The van der Waals surface area contributed by atoms with Crippen molar-refractivity contribution in [1.82, 2.24) is 4.90 Å². The van der Waals surface area contributed by atoms with Gasteiger partial charge in [0.15, 0.2) is 0 Å². The lowest BCUT2D eigenvalue weighted by atomic mass is 9.78. The third-order valence-electron chi connectivity index (χ3n) is 4.89. The number of aliphatic hydroxyl groups is 1. The van der Waals surface area contributed by atoms with Crippen LogP contribution >= 0.6 is 23.2 Å². The van der Waals surface area contributed by atoms with Gasteiger partial charge in [0, 0.05) is 24.5 Å². The zero-order valence-electron chi connectivity index (χ0n) is 13.6. The first kappa shape index (κ1) is 17.8. The molecule has 0 saturated carbocycles. The number of carbonyl (C=O) groups excluding carboxylic acids is 1. The number of hydrogen-bond donors (Lipinski definition) is 2. The minimum absolute atomic E-state index is 0.184. The van der Waals surface area contributed by atoms with Gasteiger partial charge in [0.05, 0.1) is 28.5 Å². The molecule has 1 unspecified atom stereocenters. The fourth-order valence-corrected chi connectivity index (χ4v) is 4.00. The molecule has 2 fully saturated rings. The van der Waals surface area contributed by atoms with Gasteiger partial charge in [0.1, 0.15) is 0 Å². The number of piperidine rings is 1. The van der Waals surface area contributed by atoms with E-state index in [1.165, 1.54) is 0 Å². The summed E-state index contributed by atoms with van der Waals surface area (Å²) in [6.07, 6.45) is 2.74. The van der Waals surface area contributed by atoms with E-state index >= 15 is 0 Å². The third kappa shape index (κ3) is 3.97. The van der Waals surface area contributed by atoms with Crippen LogP contribution < -0.4 is 5.32 Å². The van der Waals surface area contributed by atoms with Crippen LogP contribution in [-0.4, -0.2) is 46.9 Å². The molecular weight excluding hydrogens is 351 g/mol. The van der Waals surface area contributed by atoms with Crippen LogP contribution in [0.1, 0.15) is 32.6 Å². The van der Waals surface area contributed by atoms with Crippen LogP contribution in [-0.2, 0) is 4.74 Å². The molecule has 2 aliphatic heterocycles. The molecule has 132 valence electrons. The molecule has 1 atom stereocenters. The highest BCUT2D eigenvalue weighted by molar-refractivity contribution is 6.36. The summed E-state index contributed by atoms with van der Waals surface area (Å²) < 4.78 is 5.97. The van der Waals surface area contributed by atoms with Crippen molar-refractivity contribution < 1.29 is 14.6 Å². The summed E-state index contributed by atoms with van der Waals surface area (Å²) in [7, 11) is 0. The van der Waals surface area contributed by atoms with E-state index in [0.717, 1.165) is 12.8 Å². The molecule has 0 bridgehead atoms. The van der Waals surface area contributed by atoms with Crippen LogP contribution in [0.2, 0.25) is 10.0 Å². The zero-order chi connectivity index (χ0) is 17.4. The number of nitrogens with zero attached hydrogens (tertiary/aromatic N) is 1. The Morgan fingerprint density at radius 3 is 2.62 bits per heavy atom. The molecule has 1 aromatic rings. The minimum Gasteiger partial charge on any atom is -0.390 e. The Kier molecular flexibility index (Phi) is 4.98. The highest BCUT2D eigenvalue weighted by atomic mass is 35.5. The summed E-state index contributed by atoms with van der Waals surface area (Å²) in [5.41, 5.74) is -0.445. The summed E-state index contributed by atoms with van der Waals surface area (Å²) >= 11 is 12.0. The normalized spacial score (nSPS) is 26.4. The molecule has 1 spiro atoms. The Hall–Kier alpha value is -1.01. The van der Waals surface area contributed by atoms with Gasteiger partial charge in [-0.1, -0.05) is 23.2 Å². The Bertz CT molecular complexity index is 628. The average molecular weight is 373 g/mol. The monoisotopic (exact) mass is 372 g/mol. The number of halogens is 2. The number of urea groups is 1.